The van der Waals surface area contributed by atoms with E-state index in [1.807, 2.05) is 50.7 Å². The van der Waals surface area contributed by atoms with Crippen molar-refractivity contribution in [3.8, 4) is 0 Å². The summed E-state index contributed by atoms with van der Waals surface area (Å²) in [6, 6.07) is 6.12. The Morgan fingerprint density at radius 1 is 1.19 bits per heavy atom. The van der Waals surface area contributed by atoms with E-state index < -0.39 is 5.60 Å². The number of carbonyl (C=O) groups excluding carboxylic acids is 2. The minimum absolute atomic E-state index is 0.0516. The molecule has 0 aliphatic carbocycles. The van der Waals surface area contributed by atoms with Crippen molar-refractivity contribution < 1.29 is 14.3 Å². The summed E-state index contributed by atoms with van der Waals surface area (Å²) in [5, 5.41) is 0. The number of fused-ring (bicyclic) bond motifs is 1. The molecule has 2 aliphatic heterocycles. The number of ether oxygens (including phenoxy) is 1. The van der Waals surface area contributed by atoms with Crippen molar-refractivity contribution in [2.24, 2.45) is 0 Å². The van der Waals surface area contributed by atoms with E-state index >= 15 is 0 Å². The highest BCUT2D eigenvalue weighted by Gasteiger charge is 2.34. The van der Waals surface area contributed by atoms with Gasteiger partial charge in [0.15, 0.2) is 0 Å². The van der Waals surface area contributed by atoms with Crippen LogP contribution in [0.25, 0.3) is 0 Å². The first-order valence-corrected chi connectivity index (χ1v) is 9.23. The van der Waals surface area contributed by atoms with Crippen LogP contribution in [0.5, 0.6) is 0 Å². The predicted molar refractivity (Wildman–Crippen MR) is 101 cm³/mol. The second-order valence-corrected chi connectivity index (χ2v) is 8.36. The summed E-state index contributed by atoms with van der Waals surface area (Å²) in [6.07, 6.45) is 1.37. The predicted octanol–water partition coefficient (Wildman–Crippen LogP) is 2.65. The van der Waals surface area contributed by atoms with Crippen molar-refractivity contribution in [2.75, 3.05) is 32.1 Å². The molecule has 1 atom stereocenters. The van der Waals surface area contributed by atoms with Crippen LogP contribution in [-0.2, 0) is 22.5 Å². The second kappa shape index (κ2) is 6.91. The van der Waals surface area contributed by atoms with Crippen LogP contribution in [0.15, 0.2) is 18.2 Å². The number of anilines is 1. The summed E-state index contributed by atoms with van der Waals surface area (Å²) in [4.78, 5) is 30.6. The minimum Gasteiger partial charge on any atom is -0.444 e. The topological polar surface area (TPSA) is 53.1 Å². The van der Waals surface area contributed by atoms with Crippen LogP contribution in [0.1, 0.15) is 38.3 Å². The van der Waals surface area contributed by atoms with Crippen LogP contribution in [0.3, 0.4) is 0 Å². The molecule has 6 nitrogen and oxygen atoms in total. The summed E-state index contributed by atoms with van der Waals surface area (Å²) >= 11 is 0. The molecule has 26 heavy (non-hydrogen) atoms. The van der Waals surface area contributed by atoms with Gasteiger partial charge in [-0.05, 0) is 71.0 Å². The first-order valence-electron chi connectivity index (χ1n) is 9.23. The zero-order valence-electron chi connectivity index (χ0n) is 16.4. The fourth-order valence-corrected chi connectivity index (χ4v) is 3.59. The lowest BCUT2D eigenvalue weighted by Gasteiger charge is -2.32. The molecule has 0 unspecified atom stereocenters. The Morgan fingerprint density at radius 2 is 1.92 bits per heavy atom. The van der Waals surface area contributed by atoms with Crippen molar-refractivity contribution in [2.45, 2.75) is 51.8 Å². The Labute approximate surface area is 155 Å². The number of nitrogens with zero attached hydrogens (tertiary/aromatic N) is 3. The van der Waals surface area contributed by atoms with Gasteiger partial charge in [-0.1, -0.05) is 6.07 Å². The Hall–Kier alpha value is -2.08. The number of likely N-dealkylation sites (N-methyl/N-ethyl adjacent to an activating group) is 1. The maximum absolute atomic E-state index is 12.6. The summed E-state index contributed by atoms with van der Waals surface area (Å²) < 4.78 is 5.50. The van der Waals surface area contributed by atoms with Gasteiger partial charge >= 0.3 is 6.09 Å². The second-order valence-electron chi connectivity index (χ2n) is 8.36. The summed E-state index contributed by atoms with van der Waals surface area (Å²) in [5.74, 6) is 0.148. The summed E-state index contributed by atoms with van der Waals surface area (Å²) in [5.41, 5.74) is 2.76. The largest absolute Gasteiger partial charge is 0.444 e. The van der Waals surface area contributed by atoms with E-state index in [4.69, 9.17) is 4.74 Å². The van der Waals surface area contributed by atoms with Gasteiger partial charge in [0.05, 0.1) is 6.04 Å². The minimum atomic E-state index is -0.498. The van der Waals surface area contributed by atoms with Crippen molar-refractivity contribution in [3.05, 3.63) is 29.3 Å². The number of carbonyl (C=O) groups is 2. The van der Waals surface area contributed by atoms with E-state index in [0.717, 1.165) is 30.6 Å². The molecule has 1 aromatic rings. The van der Waals surface area contributed by atoms with Crippen LogP contribution in [0, 0.1) is 0 Å². The Kier molecular flexibility index (Phi) is 4.97. The van der Waals surface area contributed by atoms with Crippen molar-refractivity contribution >= 4 is 17.7 Å². The maximum atomic E-state index is 12.6. The molecule has 2 amide bonds. The highest BCUT2D eigenvalue weighted by atomic mass is 16.6. The smallest absolute Gasteiger partial charge is 0.410 e. The maximum Gasteiger partial charge on any atom is 0.410 e. The molecular formula is C20H29N3O3. The summed E-state index contributed by atoms with van der Waals surface area (Å²) in [7, 11) is 3.88. The third-order valence-corrected chi connectivity index (χ3v) is 4.97. The van der Waals surface area contributed by atoms with Gasteiger partial charge < -0.3 is 14.5 Å². The monoisotopic (exact) mass is 359 g/mol. The average Bonchev–Trinajstić information content (AvgIpc) is 2.94. The van der Waals surface area contributed by atoms with E-state index in [-0.39, 0.29) is 18.0 Å². The van der Waals surface area contributed by atoms with Gasteiger partial charge in [-0.3, -0.25) is 9.69 Å². The molecule has 0 saturated carbocycles. The van der Waals surface area contributed by atoms with Gasteiger partial charge in [-0.25, -0.2) is 4.79 Å². The molecule has 2 heterocycles. The zero-order valence-corrected chi connectivity index (χ0v) is 16.4. The number of benzene rings is 1. The molecule has 142 valence electrons. The lowest BCUT2D eigenvalue weighted by atomic mass is 9.99. The number of hydrogen-bond acceptors (Lipinski definition) is 4. The lowest BCUT2D eigenvalue weighted by molar-refractivity contribution is -0.120. The van der Waals surface area contributed by atoms with Gasteiger partial charge in [0.25, 0.3) is 0 Å². The van der Waals surface area contributed by atoms with Crippen LogP contribution >= 0.6 is 0 Å². The van der Waals surface area contributed by atoms with Gasteiger partial charge in [-0.2, -0.15) is 0 Å². The zero-order chi connectivity index (χ0) is 19.1. The van der Waals surface area contributed by atoms with Crippen LogP contribution < -0.4 is 4.90 Å². The van der Waals surface area contributed by atoms with E-state index in [1.165, 1.54) is 5.56 Å². The fraction of sp³-hybridized carbons (Fsp3) is 0.600. The number of amides is 2. The van der Waals surface area contributed by atoms with Gasteiger partial charge in [-0.15, -0.1) is 0 Å². The molecule has 2 aliphatic rings. The highest BCUT2D eigenvalue weighted by Crippen LogP contribution is 2.29. The Morgan fingerprint density at radius 3 is 2.54 bits per heavy atom. The fourth-order valence-electron chi connectivity index (χ4n) is 3.59. The summed E-state index contributed by atoms with van der Waals surface area (Å²) in [6.45, 7) is 7.54. The van der Waals surface area contributed by atoms with Gasteiger partial charge in [0.1, 0.15) is 5.60 Å². The standard InChI is InChI=1S/C20H29N3O3/c1-20(2,3)26-19(25)22-10-8-14-6-7-16(12-15(14)13-22)23-11-9-17(18(23)24)21(4)5/h6-7,12,17H,8-11,13H2,1-5H3/t17-/m0/s1. The SMILES string of the molecule is CN(C)[C@H]1CCN(c2ccc3c(c2)CN(C(=O)OC(C)(C)C)CC3)C1=O. The van der Waals surface area contributed by atoms with Crippen LogP contribution in [0.2, 0.25) is 0 Å². The molecule has 0 radical (unpaired) electrons. The average molecular weight is 359 g/mol. The molecular weight excluding hydrogens is 330 g/mol. The van der Waals surface area contributed by atoms with Crippen molar-refractivity contribution in [1.82, 2.24) is 9.80 Å². The first-order chi connectivity index (χ1) is 12.2. The molecule has 1 saturated heterocycles. The number of hydrogen-bond donors (Lipinski definition) is 0. The third-order valence-electron chi connectivity index (χ3n) is 4.97. The third kappa shape index (κ3) is 3.85. The van der Waals surface area contributed by atoms with Crippen molar-refractivity contribution in [1.29, 1.82) is 0 Å². The molecule has 6 heteroatoms. The molecule has 1 aromatic carbocycles. The van der Waals surface area contributed by atoms with Crippen molar-refractivity contribution in [3.63, 3.8) is 0 Å². The van der Waals surface area contributed by atoms with E-state index in [0.29, 0.717) is 13.1 Å². The quantitative estimate of drug-likeness (QED) is 0.815. The molecule has 0 spiro atoms. The molecule has 0 bridgehead atoms. The Bertz CT molecular complexity index is 709. The lowest BCUT2D eigenvalue weighted by Crippen LogP contribution is -2.40. The van der Waals surface area contributed by atoms with Gasteiger partial charge in [0.2, 0.25) is 5.91 Å². The first kappa shape index (κ1) is 18.7. The Balaban J connectivity index is 1.76. The van der Waals surface area contributed by atoms with Crippen LogP contribution in [0.4, 0.5) is 10.5 Å². The molecule has 1 fully saturated rings. The molecule has 3 rings (SSSR count). The normalized spacial score (nSPS) is 20.5. The highest BCUT2D eigenvalue weighted by molar-refractivity contribution is 5.99. The van der Waals surface area contributed by atoms with Gasteiger partial charge in [0, 0.05) is 25.3 Å². The molecule has 0 N–H and O–H groups in total. The number of rotatable bonds is 2. The van der Waals surface area contributed by atoms with E-state index in [1.54, 1.807) is 4.90 Å². The van der Waals surface area contributed by atoms with E-state index in [9.17, 15) is 9.59 Å². The molecule has 0 aromatic heterocycles. The van der Waals surface area contributed by atoms with E-state index in [2.05, 4.69) is 12.1 Å². The van der Waals surface area contributed by atoms with Crippen LogP contribution in [-0.4, -0.2) is 60.6 Å².